The van der Waals surface area contributed by atoms with E-state index in [1.165, 1.54) is 4.31 Å². The molecule has 2 aliphatic heterocycles. The number of sulfonamides is 1. The van der Waals surface area contributed by atoms with Gasteiger partial charge in [0.15, 0.2) is 5.78 Å². The smallest absolute Gasteiger partial charge is 0.213 e. The molecule has 5 nitrogen and oxygen atoms in total. The number of carbonyl (C=O) groups is 1. The Kier molecular flexibility index (Phi) is 3.85. The van der Waals surface area contributed by atoms with Crippen molar-refractivity contribution in [3.63, 3.8) is 0 Å². The van der Waals surface area contributed by atoms with E-state index in [2.05, 4.69) is 0 Å². The molecule has 1 fully saturated rings. The predicted molar refractivity (Wildman–Crippen MR) is 96.5 cm³/mol. The van der Waals surface area contributed by atoms with Gasteiger partial charge in [0.2, 0.25) is 10.0 Å². The number of fused-ring (bicyclic) bond motifs is 3. The Morgan fingerprint density at radius 1 is 1.12 bits per heavy atom. The summed E-state index contributed by atoms with van der Waals surface area (Å²) in [4.78, 5) is 12.9. The normalized spacial score (nSPS) is 20.4. The van der Waals surface area contributed by atoms with Crippen molar-refractivity contribution in [2.75, 3.05) is 18.8 Å². The molecule has 2 aromatic rings. The molecule has 6 heteroatoms. The summed E-state index contributed by atoms with van der Waals surface area (Å²) in [7, 11) is -3.19. The molecule has 0 atom stereocenters. The van der Waals surface area contributed by atoms with Crippen LogP contribution in [0.5, 0.6) is 5.75 Å². The van der Waals surface area contributed by atoms with E-state index in [1.807, 2.05) is 36.4 Å². The third-order valence-electron chi connectivity index (χ3n) is 5.37. The molecule has 0 aliphatic carbocycles. The summed E-state index contributed by atoms with van der Waals surface area (Å²) in [5.41, 5.74) is 0.0825. The van der Waals surface area contributed by atoms with E-state index in [0.717, 1.165) is 10.8 Å². The number of carbonyl (C=O) groups excluding carboxylic acids is 1. The molecular weight excluding hydrogens is 338 g/mol. The van der Waals surface area contributed by atoms with Crippen molar-refractivity contribution in [1.82, 2.24) is 4.31 Å². The van der Waals surface area contributed by atoms with Crippen LogP contribution in [0, 0.1) is 0 Å². The highest BCUT2D eigenvalue weighted by atomic mass is 32.2. The summed E-state index contributed by atoms with van der Waals surface area (Å²) in [6.07, 6.45) is 1.41. The molecule has 1 saturated heterocycles. The van der Waals surface area contributed by atoms with Crippen molar-refractivity contribution in [3.8, 4) is 5.75 Å². The maximum atomic E-state index is 12.9. The molecule has 132 valence electrons. The molecule has 2 aliphatic rings. The van der Waals surface area contributed by atoms with Gasteiger partial charge in [-0.3, -0.25) is 4.79 Å². The van der Waals surface area contributed by atoms with E-state index in [4.69, 9.17) is 4.74 Å². The molecule has 25 heavy (non-hydrogen) atoms. The van der Waals surface area contributed by atoms with Crippen LogP contribution in [0.1, 0.15) is 36.5 Å². The van der Waals surface area contributed by atoms with Gasteiger partial charge in [-0.05, 0) is 23.8 Å². The van der Waals surface area contributed by atoms with E-state index in [1.54, 1.807) is 6.92 Å². The maximum absolute atomic E-state index is 12.9. The van der Waals surface area contributed by atoms with Gasteiger partial charge in [0, 0.05) is 25.9 Å². The molecule has 0 radical (unpaired) electrons. The minimum Gasteiger partial charge on any atom is -0.486 e. The molecule has 0 aromatic heterocycles. The maximum Gasteiger partial charge on any atom is 0.213 e. The molecule has 2 aromatic carbocycles. The minimum atomic E-state index is -3.19. The number of hydrogen-bond acceptors (Lipinski definition) is 4. The Morgan fingerprint density at radius 3 is 2.56 bits per heavy atom. The number of piperidine rings is 1. The minimum absolute atomic E-state index is 0.0878. The number of rotatable bonds is 2. The highest BCUT2D eigenvalue weighted by Crippen LogP contribution is 2.42. The van der Waals surface area contributed by atoms with Gasteiger partial charge >= 0.3 is 0 Å². The summed E-state index contributed by atoms with van der Waals surface area (Å²) in [6.45, 7) is 2.47. The van der Waals surface area contributed by atoms with Crippen molar-refractivity contribution in [2.45, 2.75) is 31.8 Å². The lowest BCUT2D eigenvalue weighted by molar-refractivity contribution is 0.00624. The van der Waals surface area contributed by atoms with Crippen LogP contribution in [0.2, 0.25) is 0 Å². The molecule has 2 heterocycles. The SMILES string of the molecule is CCS(=O)(=O)N1CCC2(CC1)CC(=O)c1c(ccc3ccccc13)O2. The Bertz CT molecular complexity index is 943. The van der Waals surface area contributed by atoms with E-state index in [-0.39, 0.29) is 11.5 Å². The fourth-order valence-electron chi connectivity index (χ4n) is 3.91. The van der Waals surface area contributed by atoms with Gasteiger partial charge in [-0.25, -0.2) is 12.7 Å². The van der Waals surface area contributed by atoms with E-state index < -0.39 is 15.6 Å². The zero-order valence-electron chi connectivity index (χ0n) is 14.2. The number of ketones is 1. The Balaban J connectivity index is 1.65. The Morgan fingerprint density at radius 2 is 1.84 bits per heavy atom. The highest BCUT2D eigenvalue weighted by Gasteiger charge is 2.44. The van der Waals surface area contributed by atoms with Crippen LogP contribution in [-0.4, -0.2) is 42.9 Å². The van der Waals surface area contributed by atoms with Crippen LogP contribution in [0.3, 0.4) is 0 Å². The Labute approximate surface area is 147 Å². The summed E-state index contributed by atoms with van der Waals surface area (Å²) in [5, 5.41) is 1.95. The van der Waals surface area contributed by atoms with Crippen molar-refractivity contribution < 1.29 is 17.9 Å². The first-order valence-electron chi connectivity index (χ1n) is 8.66. The third kappa shape index (κ3) is 2.73. The molecule has 0 unspecified atom stereocenters. The lowest BCUT2D eigenvalue weighted by Gasteiger charge is -2.43. The molecular formula is C19H21NO4S. The van der Waals surface area contributed by atoms with Crippen LogP contribution in [0.15, 0.2) is 36.4 Å². The first-order valence-corrected chi connectivity index (χ1v) is 10.3. The average Bonchev–Trinajstić information content (AvgIpc) is 2.61. The molecule has 4 rings (SSSR count). The summed E-state index contributed by atoms with van der Waals surface area (Å²) in [5.74, 6) is 0.820. The summed E-state index contributed by atoms with van der Waals surface area (Å²) >= 11 is 0. The first kappa shape index (κ1) is 16.5. The number of ether oxygens (including phenoxy) is 1. The van der Waals surface area contributed by atoms with Gasteiger partial charge in [-0.15, -0.1) is 0 Å². The zero-order valence-corrected chi connectivity index (χ0v) is 15.0. The van der Waals surface area contributed by atoms with Gasteiger partial charge in [-0.2, -0.15) is 0 Å². The van der Waals surface area contributed by atoms with Gasteiger partial charge in [0.05, 0.1) is 17.7 Å². The largest absolute Gasteiger partial charge is 0.486 e. The highest BCUT2D eigenvalue weighted by molar-refractivity contribution is 7.89. The topological polar surface area (TPSA) is 63.7 Å². The van der Waals surface area contributed by atoms with E-state index in [0.29, 0.717) is 43.7 Å². The summed E-state index contributed by atoms with van der Waals surface area (Å²) in [6, 6.07) is 11.6. The third-order valence-corrected chi connectivity index (χ3v) is 7.25. The fourth-order valence-corrected chi connectivity index (χ4v) is 5.01. The molecule has 0 amide bonds. The van der Waals surface area contributed by atoms with E-state index >= 15 is 0 Å². The summed E-state index contributed by atoms with van der Waals surface area (Å²) < 4.78 is 31.9. The number of hydrogen-bond donors (Lipinski definition) is 0. The van der Waals surface area contributed by atoms with Gasteiger partial charge in [-0.1, -0.05) is 30.3 Å². The quantitative estimate of drug-likeness (QED) is 0.827. The predicted octanol–water partition coefficient (Wildman–Crippen LogP) is 2.99. The lowest BCUT2D eigenvalue weighted by Crippen LogP contribution is -2.52. The second-order valence-electron chi connectivity index (χ2n) is 6.84. The van der Waals surface area contributed by atoms with Crippen molar-refractivity contribution >= 4 is 26.6 Å². The first-order chi connectivity index (χ1) is 11.9. The molecule has 0 bridgehead atoms. The monoisotopic (exact) mass is 359 g/mol. The van der Waals surface area contributed by atoms with Crippen LogP contribution >= 0.6 is 0 Å². The van der Waals surface area contributed by atoms with Crippen molar-refractivity contribution in [3.05, 3.63) is 42.0 Å². The number of Topliss-reactive ketones (excluding diaryl/α,β-unsaturated/α-hetero) is 1. The number of benzene rings is 2. The van der Waals surface area contributed by atoms with E-state index in [9.17, 15) is 13.2 Å². The van der Waals surface area contributed by atoms with Crippen molar-refractivity contribution in [1.29, 1.82) is 0 Å². The second-order valence-corrected chi connectivity index (χ2v) is 9.10. The zero-order chi connectivity index (χ0) is 17.7. The van der Waals surface area contributed by atoms with Gasteiger partial charge in [0.1, 0.15) is 11.4 Å². The molecule has 0 N–H and O–H groups in total. The Hall–Kier alpha value is -1.92. The van der Waals surface area contributed by atoms with Crippen LogP contribution in [0.25, 0.3) is 10.8 Å². The van der Waals surface area contributed by atoms with Gasteiger partial charge in [0.25, 0.3) is 0 Å². The molecule has 1 spiro atoms. The van der Waals surface area contributed by atoms with Gasteiger partial charge < -0.3 is 4.74 Å². The second kappa shape index (κ2) is 5.81. The van der Waals surface area contributed by atoms with Crippen molar-refractivity contribution in [2.24, 2.45) is 0 Å². The van der Waals surface area contributed by atoms with Crippen LogP contribution in [0.4, 0.5) is 0 Å². The van der Waals surface area contributed by atoms with Crippen LogP contribution in [-0.2, 0) is 10.0 Å². The number of nitrogens with zero attached hydrogens (tertiary/aromatic N) is 1. The lowest BCUT2D eigenvalue weighted by atomic mass is 9.82. The van der Waals surface area contributed by atoms with Crippen LogP contribution < -0.4 is 4.74 Å². The average molecular weight is 359 g/mol. The standard InChI is InChI=1S/C19H21NO4S/c1-2-25(22,23)20-11-9-19(10-12-20)13-16(21)18-15-6-4-3-5-14(15)7-8-17(18)24-19/h3-8H,2,9-13H2,1H3. The molecule has 0 saturated carbocycles. The fraction of sp³-hybridized carbons (Fsp3) is 0.421.